The summed E-state index contributed by atoms with van der Waals surface area (Å²) in [5.41, 5.74) is 0.283. The Hall–Kier alpha value is -1.89. The number of carbonyl (C=O) groups is 1. The van der Waals surface area contributed by atoms with Crippen LogP contribution in [0.2, 0.25) is 0 Å². The van der Waals surface area contributed by atoms with Crippen molar-refractivity contribution in [2.45, 2.75) is 13.3 Å². The third-order valence-electron chi connectivity index (χ3n) is 1.71. The van der Waals surface area contributed by atoms with E-state index in [1.807, 2.05) is 0 Å². The van der Waals surface area contributed by atoms with Crippen molar-refractivity contribution in [3.8, 4) is 11.8 Å². The highest BCUT2D eigenvalue weighted by Gasteiger charge is 2.04. The normalized spacial score (nSPS) is 9.27. The molecule has 0 aromatic heterocycles. The van der Waals surface area contributed by atoms with Gasteiger partial charge in [0.1, 0.15) is 18.1 Å². The van der Waals surface area contributed by atoms with E-state index < -0.39 is 17.6 Å². The van der Waals surface area contributed by atoms with Gasteiger partial charge in [0.2, 0.25) is 0 Å². The number of carboxylic acid groups (broad SMARTS) is 1. The van der Waals surface area contributed by atoms with Gasteiger partial charge < -0.3 is 5.11 Å². The summed E-state index contributed by atoms with van der Waals surface area (Å²) >= 11 is 0. The predicted octanol–water partition coefficient (Wildman–Crippen LogP) is 2.10. The SMILES string of the molecule is Cc1cc(C#CCC(=O)O)c(F)cc1F. The van der Waals surface area contributed by atoms with E-state index in [1.54, 1.807) is 0 Å². The predicted molar refractivity (Wildman–Crippen MR) is 50.2 cm³/mol. The van der Waals surface area contributed by atoms with Gasteiger partial charge in [-0.05, 0) is 18.6 Å². The Labute approximate surface area is 85.5 Å². The van der Waals surface area contributed by atoms with E-state index in [2.05, 4.69) is 11.8 Å². The molecule has 1 N–H and O–H groups in total. The molecule has 0 bridgehead atoms. The number of hydrogen-bond acceptors (Lipinski definition) is 1. The van der Waals surface area contributed by atoms with Gasteiger partial charge in [0, 0.05) is 6.07 Å². The minimum absolute atomic E-state index is 0.00940. The molecule has 0 heterocycles. The Balaban J connectivity index is 2.98. The first-order valence-electron chi connectivity index (χ1n) is 4.17. The molecular weight excluding hydrogens is 202 g/mol. The number of halogens is 2. The standard InChI is InChI=1S/C11H8F2O2/c1-7-5-8(3-2-4-11(14)15)10(13)6-9(7)12/h5-6H,4H2,1H3,(H,14,15). The van der Waals surface area contributed by atoms with E-state index >= 15 is 0 Å². The first-order chi connectivity index (χ1) is 7.00. The van der Waals surface area contributed by atoms with Crippen molar-refractivity contribution in [3.63, 3.8) is 0 Å². The van der Waals surface area contributed by atoms with Gasteiger partial charge in [-0.25, -0.2) is 8.78 Å². The summed E-state index contributed by atoms with van der Waals surface area (Å²) in [5, 5.41) is 8.30. The van der Waals surface area contributed by atoms with Crippen LogP contribution in [0.3, 0.4) is 0 Å². The smallest absolute Gasteiger partial charge is 0.315 e. The highest BCUT2D eigenvalue weighted by atomic mass is 19.1. The van der Waals surface area contributed by atoms with Gasteiger partial charge in [-0.2, -0.15) is 0 Å². The van der Waals surface area contributed by atoms with Gasteiger partial charge in [-0.1, -0.05) is 11.8 Å². The number of carboxylic acids is 1. The molecule has 0 saturated heterocycles. The van der Waals surface area contributed by atoms with Crippen LogP contribution in [0.25, 0.3) is 0 Å². The molecule has 1 rings (SSSR count). The fourth-order valence-corrected chi connectivity index (χ4v) is 0.968. The maximum Gasteiger partial charge on any atom is 0.315 e. The van der Waals surface area contributed by atoms with Crippen LogP contribution in [-0.2, 0) is 4.79 Å². The summed E-state index contributed by atoms with van der Waals surface area (Å²) < 4.78 is 25.9. The molecule has 4 heteroatoms. The molecule has 1 aromatic carbocycles. The van der Waals surface area contributed by atoms with E-state index in [-0.39, 0.29) is 17.5 Å². The molecule has 15 heavy (non-hydrogen) atoms. The molecule has 0 radical (unpaired) electrons. The Morgan fingerprint density at radius 2 is 2.07 bits per heavy atom. The summed E-state index contributed by atoms with van der Waals surface area (Å²) in [6.07, 6.45) is -0.365. The average molecular weight is 210 g/mol. The van der Waals surface area contributed by atoms with Crippen molar-refractivity contribution >= 4 is 5.97 Å². The van der Waals surface area contributed by atoms with Crippen LogP contribution in [0.1, 0.15) is 17.5 Å². The molecule has 0 aliphatic carbocycles. The molecular formula is C11H8F2O2. The van der Waals surface area contributed by atoms with Crippen molar-refractivity contribution in [3.05, 3.63) is 34.9 Å². The zero-order valence-electron chi connectivity index (χ0n) is 7.97. The van der Waals surface area contributed by atoms with Crippen molar-refractivity contribution in [2.24, 2.45) is 0 Å². The van der Waals surface area contributed by atoms with Gasteiger partial charge in [0.05, 0.1) is 5.56 Å². The maximum absolute atomic E-state index is 13.1. The van der Waals surface area contributed by atoms with Crippen LogP contribution >= 0.6 is 0 Å². The second-order valence-electron chi connectivity index (χ2n) is 2.95. The molecule has 0 saturated carbocycles. The molecule has 1 aromatic rings. The average Bonchev–Trinajstić information content (AvgIpc) is 2.13. The van der Waals surface area contributed by atoms with Crippen LogP contribution in [0.4, 0.5) is 8.78 Å². The number of rotatable bonds is 1. The molecule has 0 amide bonds. The van der Waals surface area contributed by atoms with E-state index in [9.17, 15) is 13.6 Å². The minimum atomic E-state index is -1.08. The van der Waals surface area contributed by atoms with Gasteiger partial charge in [0.15, 0.2) is 0 Å². The number of aryl methyl sites for hydroxylation is 1. The van der Waals surface area contributed by atoms with Crippen molar-refractivity contribution in [1.29, 1.82) is 0 Å². The first-order valence-corrected chi connectivity index (χ1v) is 4.17. The Morgan fingerprint density at radius 1 is 1.40 bits per heavy atom. The number of hydrogen-bond donors (Lipinski definition) is 1. The van der Waals surface area contributed by atoms with E-state index in [0.29, 0.717) is 0 Å². The van der Waals surface area contributed by atoms with Crippen LogP contribution in [0.5, 0.6) is 0 Å². The lowest BCUT2D eigenvalue weighted by Crippen LogP contribution is -1.92. The topological polar surface area (TPSA) is 37.3 Å². The van der Waals surface area contributed by atoms with Crippen molar-refractivity contribution < 1.29 is 18.7 Å². The van der Waals surface area contributed by atoms with E-state index in [0.717, 1.165) is 6.07 Å². The highest BCUT2D eigenvalue weighted by Crippen LogP contribution is 2.12. The first kappa shape index (κ1) is 11.2. The Kier molecular flexibility index (Phi) is 3.40. The quantitative estimate of drug-likeness (QED) is 0.720. The van der Waals surface area contributed by atoms with Crippen LogP contribution in [0, 0.1) is 30.4 Å². The summed E-state index contributed by atoms with van der Waals surface area (Å²) in [5.74, 6) is 2.11. The van der Waals surface area contributed by atoms with Gasteiger partial charge in [0.25, 0.3) is 0 Å². The molecule has 78 valence electrons. The number of benzene rings is 1. The van der Waals surface area contributed by atoms with Gasteiger partial charge >= 0.3 is 5.97 Å². The highest BCUT2D eigenvalue weighted by molar-refractivity contribution is 5.70. The summed E-state index contributed by atoms with van der Waals surface area (Å²) in [7, 11) is 0. The van der Waals surface area contributed by atoms with Crippen LogP contribution in [-0.4, -0.2) is 11.1 Å². The number of aliphatic carboxylic acids is 1. The zero-order valence-corrected chi connectivity index (χ0v) is 7.97. The Bertz CT molecular complexity index is 456. The largest absolute Gasteiger partial charge is 0.481 e. The van der Waals surface area contributed by atoms with Crippen molar-refractivity contribution in [1.82, 2.24) is 0 Å². The zero-order chi connectivity index (χ0) is 11.4. The molecule has 2 nitrogen and oxygen atoms in total. The molecule has 0 aliphatic rings. The lowest BCUT2D eigenvalue weighted by Gasteiger charge is -1.98. The van der Waals surface area contributed by atoms with Gasteiger partial charge in [-0.3, -0.25) is 4.79 Å². The fraction of sp³-hybridized carbons (Fsp3) is 0.182. The second-order valence-corrected chi connectivity index (χ2v) is 2.95. The third kappa shape index (κ3) is 3.06. The van der Waals surface area contributed by atoms with Crippen LogP contribution in [0.15, 0.2) is 12.1 Å². The second kappa shape index (κ2) is 4.56. The molecule has 0 spiro atoms. The summed E-state index contributed by atoms with van der Waals surface area (Å²) in [6.45, 7) is 1.48. The minimum Gasteiger partial charge on any atom is -0.481 e. The van der Waals surface area contributed by atoms with E-state index in [4.69, 9.17) is 5.11 Å². The fourth-order valence-electron chi connectivity index (χ4n) is 0.968. The monoisotopic (exact) mass is 210 g/mol. The molecule has 0 atom stereocenters. The lowest BCUT2D eigenvalue weighted by atomic mass is 10.1. The van der Waals surface area contributed by atoms with Crippen molar-refractivity contribution in [2.75, 3.05) is 0 Å². The molecule has 0 fully saturated rings. The van der Waals surface area contributed by atoms with Crippen LogP contribution < -0.4 is 0 Å². The summed E-state index contributed by atoms with van der Waals surface area (Å²) in [6, 6.07) is 1.99. The Morgan fingerprint density at radius 3 is 2.67 bits per heavy atom. The maximum atomic E-state index is 13.1. The summed E-state index contributed by atoms with van der Waals surface area (Å²) in [4.78, 5) is 10.1. The van der Waals surface area contributed by atoms with Gasteiger partial charge in [-0.15, -0.1) is 0 Å². The lowest BCUT2D eigenvalue weighted by molar-refractivity contribution is -0.135. The molecule has 0 unspecified atom stereocenters. The van der Waals surface area contributed by atoms with E-state index in [1.165, 1.54) is 13.0 Å². The molecule has 0 aliphatic heterocycles. The third-order valence-corrected chi connectivity index (χ3v) is 1.71.